The van der Waals surface area contributed by atoms with Gasteiger partial charge < -0.3 is 10.3 Å². The van der Waals surface area contributed by atoms with Gasteiger partial charge in [-0.05, 0) is 6.07 Å². The number of nitrogen functional groups attached to an aromatic ring is 1. The van der Waals surface area contributed by atoms with E-state index < -0.39 is 0 Å². The minimum absolute atomic E-state index is 0.658. The lowest BCUT2D eigenvalue weighted by Gasteiger charge is -2.02. The second-order valence-corrected chi connectivity index (χ2v) is 2.73. The molecule has 0 radical (unpaired) electrons. The van der Waals surface area contributed by atoms with E-state index in [-0.39, 0.29) is 0 Å². The van der Waals surface area contributed by atoms with Gasteiger partial charge in [-0.3, -0.25) is 4.98 Å². The quantitative estimate of drug-likeness (QED) is 0.683. The van der Waals surface area contributed by atoms with Gasteiger partial charge in [0.15, 0.2) is 5.82 Å². The van der Waals surface area contributed by atoms with Gasteiger partial charge in [0.2, 0.25) is 0 Å². The Balaban J connectivity index is 2.59. The van der Waals surface area contributed by atoms with Crippen molar-refractivity contribution in [1.29, 1.82) is 0 Å². The molecule has 13 heavy (non-hydrogen) atoms. The summed E-state index contributed by atoms with van der Waals surface area (Å²) >= 11 is 0. The van der Waals surface area contributed by atoms with Gasteiger partial charge in [0.05, 0.1) is 5.56 Å². The van der Waals surface area contributed by atoms with Crippen LogP contribution < -0.4 is 5.73 Å². The SMILES string of the molecule is Cn1cnnc1-c1cnccc1N. The number of nitrogens with two attached hydrogens (primary N) is 1. The molecule has 0 atom stereocenters. The third-order valence-electron chi connectivity index (χ3n) is 1.81. The molecule has 5 nitrogen and oxygen atoms in total. The van der Waals surface area contributed by atoms with Gasteiger partial charge in [-0.25, -0.2) is 0 Å². The van der Waals surface area contributed by atoms with Crippen molar-refractivity contribution in [2.45, 2.75) is 0 Å². The molecule has 0 fully saturated rings. The van der Waals surface area contributed by atoms with E-state index in [4.69, 9.17) is 5.73 Å². The zero-order valence-corrected chi connectivity index (χ0v) is 7.18. The molecule has 66 valence electrons. The fourth-order valence-electron chi connectivity index (χ4n) is 1.12. The maximum Gasteiger partial charge on any atom is 0.167 e. The fourth-order valence-corrected chi connectivity index (χ4v) is 1.12. The van der Waals surface area contributed by atoms with Gasteiger partial charge in [-0.15, -0.1) is 10.2 Å². The predicted molar refractivity (Wildman–Crippen MR) is 48.6 cm³/mol. The average Bonchev–Trinajstić information content (AvgIpc) is 2.52. The first kappa shape index (κ1) is 7.72. The number of rotatable bonds is 1. The van der Waals surface area contributed by atoms with Crippen LogP contribution in [0.1, 0.15) is 0 Å². The highest BCUT2D eigenvalue weighted by atomic mass is 15.2. The fraction of sp³-hybridized carbons (Fsp3) is 0.125. The zero-order chi connectivity index (χ0) is 9.26. The average molecular weight is 175 g/mol. The van der Waals surface area contributed by atoms with Gasteiger partial charge in [0.1, 0.15) is 6.33 Å². The molecule has 2 aromatic heterocycles. The molecule has 0 bridgehead atoms. The molecule has 0 aliphatic heterocycles. The number of pyridine rings is 1. The van der Waals surface area contributed by atoms with E-state index in [9.17, 15) is 0 Å². The summed E-state index contributed by atoms with van der Waals surface area (Å²) in [7, 11) is 1.86. The largest absolute Gasteiger partial charge is 0.398 e. The lowest BCUT2D eigenvalue weighted by Crippen LogP contribution is -1.96. The minimum atomic E-state index is 0.658. The molecule has 2 heterocycles. The van der Waals surface area contributed by atoms with Crippen LogP contribution >= 0.6 is 0 Å². The van der Waals surface area contributed by atoms with Crippen LogP contribution in [0.25, 0.3) is 11.4 Å². The second kappa shape index (κ2) is 2.85. The van der Waals surface area contributed by atoms with Gasteiger partial charge in [-0.2, -0.15) is 0 Å². The standard InChI is InChI=1S/C8H9N5/c1-13-5-11-12-8(13)6-4-10-3-2-7(6)9/h2-5H,1H3,(H2,9,10). The van der Waals surface area contributed by atoms with E-state index in [0.717, 1.165) is 11.4 Å². The van der Waals surface area contributed by atoms with Crippen molar-refractivity contribution in [3.8, 4) is 11.4 Å². The first-order valence-electron chi connectivity index (χ1n) is 3.83. The number of hydrogen-bond donors (Lipinski definition) is 1. The Hall–Kier alpha value is -1.91. The molecule has 2 N–H and O–H groups in total. The monoisotopic (exact) mass is 175 g/mol. The summed E-state index contributed by atoms with van der Waals surface area (Å²) in [5, 5.41) is 7.71. The highest BCUT2D eigenvalue weighted by molar-refractivity contribution is 5.69. The lowest BCUT2D eigenvalue weighted by atomic mass is 10.2. The van der Waals surface area contributed by atoms with E-state index in [1.807, 2.05) is 7.05 Å². The Kier molecular flexibility index (Phi) is 1.70. The normalized spacial score (nSPS) is 10.2. The summed E-state index contributed by atoms with van der Waals surface area (Å²) in [6.07, 6.45) is 4.95. The Bertz CT molecular complexity index is 420. The summed E-state index contributed by atoms with van der Waals surface area (Å²) in [5.74, 6) is 0.727. The number of anilines is 1. The second-order valence-electron chi connectivity index (χ2n) is 2.73. The summed E-state index contributed by atoms with van der Waals surface area (Å²) in [6.45, 7) is 0. The lowest BCUT2D eigenvalue weighted by molar-refractivity contribution is 0.919. The van der Waals surface area contributed by atoms with Crippen LogP contribution in [0.2, 0.25) is 0 Å². The summed E-state index contributed by atoms with van der Waals surface area (Å²) in [6, 6.07) is 1.74. The third kappa shape index (κ3) is 1.24. The number of aromatic nitrogens is 4. The number of nitrogens with zero attached hydrogens (tertiary/aromatic N) is 4. The molecule has 0 aromatic carbocycles. The number of hydrogen-bond acceptors (Lipinski definition) is 4. The van der Waals surface area contributed by atoms with Gasteiger partial charge >= 0.3 is 0 Å². The van der Waals surface area contributed by atoms with Crippen molar-refractivity contribution in [2.75, 3.05) is 5.73 Å². The Labute approximate surface area is 75.2 Å². The minimum Gasteiger partial charge on any atom is -0.398 e. The molecule has 2 aromatic rings. The predicted octanol–water partition coefficient (Wildman–Crippen LogP) is 0.459. The van der Waals surface area contributed by atoms with Crippen LogP contribution in [-0.4, -0.2) is 19.7 Å². The molecule has 0 amide bonds. The van der Waals surface area contributed by atoms with Crippen molar-refractivity contribution in [3.63, 3.8) is 0 Å². The summed E-state index contributed by atoms with van der Waals surface area (Å²) in [5.41, 5.74) is 7.23. The van der Waals surface area contributed by atoms with Crippen molar-refractivity contribution >= 4 is 5.69 Å². The van der Waals surface area contributed by atoms with Crippen LogP contribution in [0.4, 0.5) is 5.69 Å². The van der Waals surface area contributed by atoms with Crippen LogP contribution in [0.15, 0.2) is 24.8 Å². The molecule has 5 heteroatoms. The van der Waals surface area contributed by atoms with Gasteiger partial charge in [-0.1, -0.05) is 0 Å². The van der Waals surface area contributed by atoms with Crippen LogP contribution in [0.5, 0.6) is 0 Å². The highest BCUT2D eigenvalue weighted by Gasteiger charge is 2.07. The van der Waals surface area contributed by atoms with Crippen LogP contribution in [0, 0.1) is 0 Å². The van der Waals surface area contributed by atoms with Gasteiger partial charge in [0, 0.05) is 25.1 Å². The van der Waals surface area contributed by atoms with E-state index in [2.05, 4.69) is 15.2 Å². The van der Waals surface area contributed by atoms with Crippen LogP contribution in [-0.2, 0) is 7.05 Å². The molecule has 0 aliphatic rings. The summed E-state index contributed by atoms with van der Waals surface area (Å²) in [4.78, 5) is 3.98. The van der Waals surface area contributed by atoms with Crippen molar-refractivity contribution < 1.29 is 0 Å². The van der Waals surface area contributed by atoms with E-state index in [1.54, 1.807) is 29.4 Å². The number of aryl methyl sites for hydroxylation is 1. The Morgan fingerprint density at radius 3 is 2.92 bits per heavy atom. The third-order valence-corrected chi connectivity index (χ3v) is 1.81. The molecule has 0 aliphatic carbocycles. The van der Waals surface area contributed by atoms with Crippen molar-refractivity contribution in [1.82, 2.24) is 19.7 Å². The molecular formula is C8H9N5. The first-order valence-corrected chi connectivity index (χ1v) is 3.83. The van der Waals surface area contributed by atoms with Crippen LogP contribution in [0.3, 0.4) is 0 Å². The molecule has 0 spiro atoms. The highest BCUT2D eigenvalue weighted by Crippen LogP contribution is 2.20. The van der Waals surface area contributed by atoms with E-state index >= 15 is 0 Å². The molecular weight excluding hydrogens is 166 g/mol. The Morgan fingerprint density at radius 2 is 2.31 bits per heavy atom. The maximum atomic E-state index is 5.76. The first-order chi connectivity index (χ1) is 6.29. The topological polar surface area (TPSA) is 69.6 Å². The van der Waals surface area contributed by atoms with Crippen molar-refractivity contribution in [3.05, 3.63) is 24.8 Å². The van der Waals surface area contributed by atoms with Gasteiger partial charge in [0.25, 0.3) is 0 Å². The van der Waals surface area contributed by atoms with E-state index in [1.165, 1.54) is 0 Å². The van der Waals surface area contributed by atoms with E-state index in [0.29, 0.717) is 5.69 Å². The molecule has 0 saturated heterocycles. The zero-order valence-electron chi connectivity index (χ0n) is 7.18. The smallest absolute Gasteiger partial charge is 0.167 e. The molecule has 2 rings (SSSR count). The maximum absolute atomic E-state index is 5.76. The van der Waals surface area contributed by atoms with Crippen molar-refractivity contribution in [2.24, 2.45) is 7.05 Å². The molecule has 0 unspecified atom stereocenters. The Morgan fingerprint density at radius 1 is 1.46 bits per heavy atom. The molecule has 0 saturated carbocycles. The summed E-state index contributed by atoms with van der Waals surface area (Å²) < 4.78 is 1.80.